The molecule has 5 nitrogen and oxygen atoms in total. The molecule has 0 aliphatic rings. The zero-order valence-electron chi connectivity index (χ0n) is 28.4. The maximum atomic E-state index is 6.05. The average Bonchev–Trinajstić information content (AvgIpc) is 3.81. The van der Waals surface area contributed by atoms with E-state index < -0.39 is 0 Å². The molecule has 0 N–H and O–H groups in total. The van der Waals surface area contributed by atoms with Gasteiger partial charge in [-0.05, 0) is 127 Å². The van der Waals surface area contributed by atoms with Crippen LogP contribution in [-0.4, -0.2) is 14.8 Å². The number of aromatic nitrogens is 3. The number of fused-ring (bicyclic) bond motifs is 3. The monoisotopic (exact) mass is 658 g/mol. The molecule has 0 aliphatic carbocycles. The van der Waals surface area contributed by atoms with Gasteiger partial charge in [0.2, 0.25) is 11.8 Å². The van der Waals surface area contributed by atoms with Crippen molar-refractivity contribution in [3.63, 3.8) is 0 Å². The Morgan fingerprint density at radius 1 is 0.471 bits per heavy atom. The van der Waals surface area contributed by atoms with Crippen molar-refractivity contribution in [3.8, 4) is 39.7 Å². The molecule has 9 rings (SSSR count). The van der Waals surface area contributed by atoms with Crippen LogP contribution in [0.3, 0.4) is 0 Å². The third-order valence-corrected chi connectivity index (χ3v) is 9.61. The molecule has 0 amide bonds. The van der Waals surface area contributed by atoms with Gasteiger partial charge in [0, 0.05) is 44.6 Å². The van der Waals surface area contributed by atoms with E-state index in [4.69, 9.17) is 4.42 Å². The van der Waals surface area contributed by atoms with Gasteiger partial charge in [-0.25, -0.2) is 0 Å². The van der Waals surface area contributed by atoms with E-state index in [0.29, 0.717) is 11.8 Å². The van der Waals surface area contributed by atoms with E-state index in [1.807, 2.05) is 42.5 Å². The van der Waals surface area contributed by atoms with Crippen molar-refractivity contribution in [2.24, 2.45) is 0 Å². The van der Waals surface area contributed by atoms with E-state index in [1.54, 1.807) is 0 Å². The third kappa shape index (κ3) is 5.45. The quantitative estimate of drug-likeness (QED) is 0.171. The lowest BCUT2D eigenvalue weighted by molar-refractivity contribution is 0.584. The number of hydrogen-bond acceptors (Lipinski definition) is 4. The molecular weight excluding hydrogens is 625 g/mol. The van der Waals surface area contributed by atoms with Crippen LogP contribution in [-0.2, 0) is 0 Å². The van der Waals surface area contributed by atoms with Crippen LogP contribution in [0.15, 0.2) is 174 Å². The highest BCUT2D eigenvalue weighted by Gasteiger charge is 2.19. The molecule has 7 aromatic carbocycles. The average molecular weight is 659 g/mol. The summed E-state index contributed by atoms with van der Waals surface area (Å²) in [7, 11) is 0. The topological polar surface area (TPSA) is 47.1 Å². The van der Waals surface area contributed by atoms with E-state index in [1.165, 1.54) is 44.1 Å². The number of nitrogens with zero attached hydrogens (tertiary/aromatic N) is 4. The van der Waals surface area contributed by atoms with Crippen molar-refractivity contribution >= 4 is 38.9 Å². The van der Waals surface area contributed by atoms with Crippen molar-refractivity contribution in [3.05, 3.63) is 181 Å². The van der Waals surface area contributed by atoms with Gasteiger partial charge >= 0.3 is 0 Å². The lowest BCUT2D eigenvalue weighted by atomic mass is 9.95. The minimum Gasteiger partial charge on any atom is -0.416 e. The molecule has 9 aromatic rings. The summed E-state index contributed by atoms with van der Waals surface area (Å²) in [6.07, 6.45) is 0. The second-order valence-electron chi connectivity index (χ2n) is 12.9. The first-order valence-electron chi connectivity index (χ1n) is 17.2. The second-order valence-corrected chi connectivity index (χ2v) is 12.9. The highest BCUT2D eigenvalue weighted by molar-refractivity contribution is 6.10. The van der Waals surface area contributed by atoms with E-state index in [0.717, 1.165) is 33.9 Å². The highest BCUT2D eigenvalue weighted by Crippen LogP contribution is 2.41. The zero-order chi connectivity index (χ0) is 34.3. The third-order valence-electron chi connectivity index (χ3n) is 9.61. The minimum atomic E-state index is 0.493. The first-order valence-corrected chi connectivity index (χ1v) is 17.2. The standard InChI is InChI=1S/C46H34N4O/c1-31-29-44(32(2)28-40(31)35-24-27-43-41(30-35)39-20-12-13-21-42(39)50(43)37-18-10-5-11-19-37)49(36-16-8-4-9-17-36)38-25-22-34(23-26-38)46-48-47-45(51-46)33-14-6-3-7-15-33/h3-30H,1-2H3. The van der Waals surface area contributed by atoms with E-state index in [-0.39, 0.29) is 0 Å². The van der Waals surface area contributed by atoms with Crippen LogP contribution in [0.25, 0.3) is 61.5 Å². The molecule has 5 heteroatoms. The molecule has 2 heterocycles. The van der Waals surface area contributed by atoms with Crippen LogP contribution < -0.4 is 4.90 Å². The Balaban J connectivity index is 1.10. The van der Waals surface area contributed by atoms with Crippen LogP contribution in [0.5, 0.6) is 0 Å². The van der Waals surface area contributed by atoms with E-state index >= 15 is 0 Å². The van der Waals surface area contributed by atoms with Gasteiger partial charge in [-0.2, -0.15) is 0 Å². The predicted octanol–water partition coefficient (Wildman–Crippen LogP) is 12.3. The summed E-state index contributed by atoms with van der Waals surface area (Å²) in [6, 6.07) is 59.5. The first-order chi connectivity index (χ1) is 25.1. The molecule has 51 heavy (non-hydrogen) atoms. The molecule has 0 radical (unpaired) electrons. The normalized spacial score (nSPS) is 11.3. The maximum Gasteiger partial charge on any atom is 0.248 e. The SMILES string of the molecule is Cc1cc(N(c2ccccc2)c2ccc(-c3nnc(-c4ccccc4)o3)cc2)c(C)cc1-c1ccc2c(c1)c1ccccc1n2-c1ccccc1. The van der Waals surface area contributed by atoms with Crippen molar-refractivity contribution in [1.82, 2.24) is 14.8 Å². The molecule has 0 atom stereocenters. The fourth-order valence-electron chi connectivity index (χ4n) is 7.14. The molecule has 0 spiro atoms. The van der Waals surface area contributed by atoms with Gasteiger partial charge in [0.05, 0.1) is 11.0 Å². The Morgan fingerprint density at radius 3 is 1.76 bits per heavy atom. The Hall–Kier alpha value is -6.72. The molecule has 244 valence electrons. The smallest absolute Gasteiger partial charge is 0.248 e. The lowest BCUT2D eigenvalue weighted by Crippen LogP contribution is -2.11. The van der Waals surface area contributed by atoms with Crippen LogP contribution in [0.4, 0.5) is 17.1 Å². The fraction of sp³-hybridized carbons (Fsp3) is 0.0435. The summed E-state index contributed by atoms with van der Waals surface area (Å²) >= 11 is 0. The summed E-state index contributed by atoms with van der Waals surface area (Å²) in [5, 5.41) is 11.1. The molecule has 0 saturated heterocycles. The molecule has 2 aromatic heterocycles. The van der Waals surface area contributed by atoms with Gasteiger partial charge in [-0.1, -0.05) is 78.9 Å². The number of rotatable bonds is 7. The Morgan fingerprint density at radius 2 is 1.04 bits per heavy atom. The molecule has 0 bridgehead atoms. The van der Waals surface area contributed by atoms with Gasteiger partial charge in [-0.3, -0.25) is 0 Å². The molecule has 0 fully saturated rings. The Labute approximate surface area is 296 Å². The number of benzene rings is 7. The minimum absolute atomic E-state index is 0.493. The summed E-state index contributed by atoms with van der Waals surface area (Å²) < 4.78 is 8.41. The predicted molar refractivity (Wildman–Crippen MR) is 209 cm³/mol. The van der Waals surface area contributed by atoms with Crippen LogP contribution >= 0.6 is 0 Å². The van der Waals surface area contributed by atoms with Gasteiger partial charge < -0.3 is 13.9 Å². The number of aryl methyl sites for hydroxylation is 2. The van der Waals surface area contributed by atoms with Gasteiger partial charge in [0.25, 0.3) is 0 Å². The van der Waals surface area contributed by atoms with Crippen molar-refractivity contribution in [2.75, 3.05) is 4.90 Å². The van der Waals surface area contributed by atoms with Crippen LogP contribution in [0, 0.1) is 13.8 Å². The molecular formula is C46H34N4O. The van der Waals surface area contributed by atoms with Crippen molar-refractivity contribution in [2.45, 2.75) is 13.8 Å². The largest absolute Gasteiger partial charge is 0.416 e. The van der Waals surface area contributed by atoms with Crippen molar-refractivity contribution in [1.29, 1.82) is 0 Å². The van der Waals surface area contributed by atoms with Gasteiger partial charge in [0.15, 0.2) is 0 Å². The lowest BCUT2D eigenvalue weighted by Gasteiger charge is -2.28. The molecule has 0 unspecified atom stereocenters. The van der Waals surface area contributed by atoms with E-state index in [9.17, 15) is 0 Å². The maximum absolute atomic E-state index is 6.05. The summed E-state index contributed by atoms with van der Waals surface area (Å²) in [6.45, 7) is 4.41. The summed E-state index contributed by atoms with van der Waals surface area (Å²) in [4.78, 5) is 2.32. The van der Waals surface area contributed by atoms with Crippen LogP contribution in [0.1, 0.15) is 11.1 Å². The van der Waals surface area contributed by atoms with Gasteiger partial charge in [-0.15, -0.1) is 10.2 Å². The van der Waals surface area contributed by atoms with Crippen molar-refractivity contribution < 1.29 is 4.42 Å². The second kappa shape index (κ2) is 12.6. The molecule has 0 aliphatic heterocycles. The first kappa shape index (κ1) is 30.3. The fourth-order valence-corrected chi connectivity index (χ4v) is 7.14. The number of anilines is 3. The summed E-state index contributed by atoms with van der Waals surface area (Å²) in [5.41, 5.74) is 13.4. The summed E-state index contributed by atoms with van der Waals surface area (Å²) in [5.74, 6) is 1.000. The highest BCUT2D eigenvalue weighted by atomic mass is 16.4. The van der Waals surface area contributed by atoms with Crippen LogP contribution in [0.2, 0.25) is 0 Å². The Kier molecular flexibility index (Phi) is 7.51. The zero-order valence-corrected chi connectivity index (χ0v) is 28.4. The Bertz CT molecular complexity index is 2640. The number of para-hydroxylation sites is 3. The van der Waals surface area contributed by atoms with E-state index in [2.05, 4.69) is 161 Å². The van der Waals surface area contributed by atoms with Gasteiger partial charge in [0.1, 0.15) is 0 Å². The number of hydrogen-bond donors (Lipinski definition) is 0. The molecule has 0 saturated carbocycles.